The second kappa shape index (κ2) is 7.41. The molecule has 0 saturated carbocycles. The Labute approximate surface area is 169 Å². The van der Waals surface area contributed by atoms with Crippen LogP contribution >= 0.6 is 11.6 Å². The molecule has 6 heteroatoms. The number of fused-ring (bicyclic) bond motifs is 1. The summed E-state index contributed by atoms with van der Waals surface area (Å²) in [6.45, 7) is 5.59. The number of aliphatic hydroxyl groups is 2. The van der Waals surface area contributed by atoms with Crippen LogP contribution in [0.25, 0.3) is 0 Å². The predicted octanol–water partition coefficient (Wildman–Crippen LogP) is 3.51. The molecular formula is C22H25ClO5. The number of aliphatic hydroxyl groups excluding tert-OH is 2. The van der Waals surface area contributed by atoms with E-state index in [-0.39, 0.29) is 0 Å². The van der Waals surface area contributed by atoms with Gasteiger partial charge in [0.1, 0.15) is 24.4 Å². The van der Waals surface area contributed by atoms with E-state index < -0.39 is 36.5 Å². The zero-order valence-electron chi connectivity index (χ0n) is 16.1. The topological polar surface area (TPSA) is 68.2 Å². The van der Waals surface area contributed by atoms with Gasteiger partial charge in [-0.1, -0.05) is 41.9 Å². The van der Waals surface area contributed by atoms with Crippen LogP contribution < -0.4 is 0 Å². The van der Waals surface area contributed by atoms with Gasteiger partial charge in [0, 0.05) is 5.02 Å². The Hall–Kier alpha value is -1.47. The van der Waals surface area contributed by atoms with Crippen molar-refractivity contribution in [3.8, 4) is 0 Å². The van der Waals surface area contributed by atoms with E-state index in [2.05, 4.69) is 0 Å². The maximum atomic E-state index is 10.9. The molecule has 0 amide bonds. The van der Waals surface area contributed by atoms with Gasteiger partial charge in [-0.3, -0.25) is 0 Å². The molecule has 2 aliphatic rings. The van der Waals surface area contributed by atoms with E-state index in [0.717, 1.165) is 23.1 Å². The van der Waals surface area contributed by atoms with E-state index in [1.165, 1.54) is 0 Å². The minimum absolute atomic E-state index is 0.603. The van der Waals surface area contributed by atoms with Crippen LogP contribution in [0, 0.1) is 6.92 Å². The Kier molecular flexibility index (Phi) is 5.25. The molecule has 2 aromatic carbocycles. The Morgan fingerprint density at radius 2 is 1.82 bits per heavy atom. The van der Waals surface area contributed by atoms with Crippen LogP contribution in [0.5, 0.6) is 0 Å². The van der Waals surface area contributed by atoms with Crippen LogP contribution in [-0.4, -0.2) is 40.6 Å². The summed E-state index contributed by atoms with van der Waals surface area (Å²) >= 11 is 5.97. The SMILES string of the molecule is Cc1ccc([C@H](O)C2OC3OC(C)(C)OC3C2O)cc1Cc1ccc(Cl)cc1. The third-order valence-electron chi connectivity index (χ3n) is 5.39. The summed E-state index contributed by atoms with van der Waals surface area (Å²) in [7, 11) is 0. The molecule has 4 rings (SSSR count). The standard InChI is InChI=1S/C22H25ClO5/c1-12-4-7-14(11-15(12)10-13-5-8-16(23)9-6-13)17(24)19-18(25)20-21(26-19)28-22(2,3)27-20/h4-9,11,17-21,24-25H,10H2,1-3H3/t17-,18?,19?,20?,21?/m0/s1. The molecule has 2 fully saturated rings. The maximum Gasteiger partial charge on any atom is 0.190 e. The quantitative estimate of drug-likeness (QED) is 0.816. The molecule has 0 spiro atoms. The van der Waals surface area contributed by atoms with Crippen LogP contribution in [0.2, 0.25) is 5.02 Å². The van der Waals surface area contributed by atoms with Crippen LogP contribution in [0.15, 0.2) is 42.5 Å². The number of aryl methyl sites for hydroxylation is 1. The van der Waals surface area contributed by atoms with Crippen LogP contribution in [0.4, 0.5) is 0 Å². The first-order valence-electron chi connectivity index (χ1n) is 9.44. The Balaban J connectivity index is 1.52. The third kappa shape index (κ3) is 3.83. The van der Waals surface area contributed by atoms with Gasteiger partial charge < -0.3 is 24.4 Å². The van der Waals surface area contributed by atoms with Gasteiger partial charge >= 0.3 is 0 Å². The lowest BCUT2D eigenvalue weighted by molar-refractivity contribution is -0.226. The minimum atomic E-state index is -0.986. The van der Waals surface area contributed by atoms with E-state index in [1.54, 1.807) is 13.8 Å². The first-order chi connectivity index (χ1) is 13.2. The number of hydrogen-bond donors (Lipinski definition) is 2. The number of halogens is 1. The lowest BCUT2D eigenvalue weighted by Crippen LogP contribution is -2.37. The summed E-state index contributed by atoms with van der Waals surface area (Å²) < 4.78 is 17.2. The summed E-state index contributed by atoms with van der Waals surface area (Å²) in [4.78, 5) is 0. The van der Waals surface area contributed by atoms with Crippen molar-refractivity contribution in [2.24, 2.45) is 0 Å². The molecule has 2 aromatic rings. The first kappa shape index (κ1) is 19.8. The number of rotatable bonds is 4. The average molecular weight is 405 g/mol. The lowest BCUT2D eigenvalue weighted by Gasteiger charge is -2.26. The molecule has 5 atom stereocenters. The number of benzene rings is 2. The molecule has 150 valence electrons. The highest BCUT2D eigenvalue weighted by molar-refractivity contribution is 6.30. The van der Waals surface area contributed by atoms with Gasteiger partial charge in [0.15, 0.2) is 12.1 Å². The normalized spacial score (nSPS) is 29.6. The van der Waals surface area contributed by atoms with Crippen molar-refractivity contribution >= 4 is 11.6 Å². The van der Waals surface area contributed by atoms with Gasteiger partial charge in [-0.25, -0.2) is 0 Å². The lowest BCUT2D eigenvalue weighted by atomic mass is 9.93. The van der Waals surface area contributed by atoms with Gasteiger partial charge in [-0.15, -0.1) is 0 Å². The van der Waals surface area contributed by atoms with Gasteiger partial charge in [0.25, 0.3) is 0 Å². The monoisotopic (exact) mass is 404 g/mol. The summed E-state index contributed by atoms with van der Waals surface area (Å²) in [5, 5.41) is 22.2. The molecule has 0 radical (unpaired) electrons. The fraction of sp³-hybridized carbons (Fsp3) is 0.455. The molecule has 4 unspecified atom stereocenters. The fourth-order valence-electron chi connectivity index (χ4n) is 3.85. The first-order valence-corrected chi connectivity index (χ1v) is 9.82. The molecule has 0 aliphatic carbocycles. The zero-order chi connectivity index (χ0) is 20.1. The van der Waals surface area contributed by atoms with Crippen molar-refractivity contribution in [1.29, 1.82) is 0 Å². The zero-order valence-corrected chi connectivity index (χ0v) is 16.9. The van der Waals surface area contributed by atoms with Crippen molar-refractivity contribution in [3.05, 3.63) is 69.7 Å². The smallest absolute Gasteiger partial charge is 0.190 e. The van der Waals surface area contributed by atoms with Crippen LogP contribution in [0.3, 0.4) is 0 Å². The van der Waals surface area contributed by atoms with Crippen molar-refractivity contribution in [2.75, 3.05) is 0 Å². The highest BCUT2D eigenvalue weighted by atomic mass is 35.5. The van der Waals surface area contributed by atoms with E-state index >= 15 is 0 Å². The molecular weight excluding hydrogens is 380 g/mol. The van der Waals surface area contributed by atoms with Gasteiger partial charge in [0.2, 0.25) is 0 Å². The fourth-order valence-corrected chi connectivity index (χ4v) is 3.98. The van der Waals surface area contributed by atoms with Gasteiger partial charge in [-0.2, -0.15) is 0 Å². The predicted molar refractivity (Wildman–Crippen MR) is 105 cm³/mol. The largest absolute Gasteiger partial charge is 0.387 e. The maximum absolute atomic E-state index is 10.9. The summed E-state index contributed by atoms with van der Waals surface area (Å²) in [5.41, 5.74) is 4.05. The molecule has 0 bridgehead atoms. The van der Waals surface area contributed by atoms with Crippen molar-refractivity contribution in [3.63, 3.8) is 0 Å². The highest BCUT2D eigenvalue weighted by Gasteiger charge is 2.56. The summed E-state index contributed by atoms with van der Waals surface area (Å²) in [6, 6.07) is 13.5. The molecule has 2 aliphatic heterocycles. The molecule has 28 heavy (non-hydrogen) atoms. The highest BCUT2D eigenvalue weighted by Crippen LogP contribution is 2.41. The van der Waals surface area contributed by atoms with Gasteiger partial charge in [0.05, 0.1) is 0 Å². The summed E-state index contributed by atoms with van der Waals surface area (Å²) in [5.74, 6) is -0.804. The Bertz CT molecular complexity index is 851. The minimum Gasteiger partial charge on any atom is -0.387 e. The number of hydrogen-bond acceptors (Lipinski definition) is 5. The molecule has 2 saturated heterocycles. The Morgan fingerprint density at radius 3 is 2.50 bits per heavy atom. The second-order valence-corrected chi connectivity index (χ2v) is 8.43. The van der Waals surface area contributed by atoms with Crippen LogP contribution in [0.1, 0.15) is 42.2 Å². The number of ether oxygens (including phenoxy) is 3. The average Bonchev–Trinajstić information content (AvgIpc) is 3.11. The van der Waals surface area contributed by atoms with Crippen LogP contribution in [-0.2, 0) is 20.6 Å². The second-order valence-electron chi connectivity index (χ2n) is 7.99. The van der Waals surface area contributed by atoms with E-state index in [1.807, 2.05) is 49.4 Å². The molecule has 5 nitrogen and oxygen atoms in total. The summed E-state index contributed by atoms with van der Waals surface area (Å²) in [6.07, 6.45) is -3.32. The van der Waals surface area contributed by atoms with E-state index in [4.69, 9.17) is 25.8 Å². The molecule has 2 N–H and O–H groups in total. The molecule has 0 aromatic heterocycles. The Morgan fingerprint density at radius 1 is 1.11 bits per heavy atom. The van der Waals surface area contributed by atoms with E-state index in [9.17, 15) is 10.2 Å². The van der Waals surface area contributed by atoms with Gasteiger partial charge in [-0.05, 0) is 61.6 Å². The molecule has 2 heterocycles. The van der Waals surface area contributed by atoms with Crippen molar-refractivity contribution < 1.29 is 24.4 Å². The van der Waals surface area contributed by atoms with E-state index in [0.29, 0.717) is 10.6 Å². The van der Waals surface area contributed by atoms with Crippen molar-refractivity contribution in [1.82, 2.24) is 0 Å². The van der Waals surface area contributed by atoms with Crippen molar-refractivity contribution in [2.45, 2.75) is 63.7 Å². The third-order valence-corrected chi connectivity index (χ3v) is 5.64.